The van der Waals surface area contributed by atoms with Gasteiger partial charge in [0.1, 0.15) is 0 Å². The van der Waals surface area contributed by atoms with Gasteiger partial charge in [-0.25, -0.2) is 0 Å². The van der Waals surface area contributed by atoms with Crippen LogP contribution in [0.5, 0.6) is 0 Å². The number of thioether (sulfide) groups is 1. The fraction of sp³-hybridized carbons (Fsp3) is 0.556. The number of thiophene rings is 1. The molecule has 1 aromatic heterocycles. The Morgan fingerprint density at radius 3 is 3.00 bits per heavy atom. The van der Waals surface area contributed by atoms with Crippen LogP contribution in [0.25, 0.3) is 0 Å². The smallest absolute Gasteiger partial charge is 0.0604 e. The monoisotopic (exact) mass is 248 g/mol. The molecule has 0 spiro atoms. The molecule has 2 unspecified atom stereocenters. The molecule has 0 saturated carbocycles. The molecule has 0 aromatic carbocycles. The van der Waals surface area contributed by atoms with Crippen molar-refractivity contribution in [3.05, 3.63) is 21.3 Å². The van der Waals surface area contributed by atoms with Crippen LogP contribution >= 0.6 is 34.7 Å². The van der Waals surface area contributed by atoms with Crippen molar-refractivity contribution in [2.24, 2.45) is 11.8 Å². The molecule has 0 amide bonds. The van der Waals surface area contributed by atoms with Crippen molar-refractivity contribution in [1.29, 1.82) is 0 Å². The molecule has 2 nitrogen and oxygen atoms in total. The average molecular weight is 249 g/mol. The zero-order valence-electron chi connectivity index (χ0n) is 7.70. The molecule has 1 aliphatic rings. The van der Waals surface area contributed by atoms with Gasteiger partial charge in [-0.15, -0.1) is 11.3 Å². The number of rotatable bonds is 3. The van der Waals surface area contributed by atoms with Crippen molar-refractivity contribution in [2.75, 3.05) is 11.5 Å². The van der Waals surface area contributed by atoms with Gasteiger partial charge in [0.25, 0.3) is 0 Å². The van der Waals surface area contributed by atoms with Gasteiger partial charge in [-0.2, -0.15) is 11.8 Å². The lowest BCUT2D eigenvalue weighted by Crippen LogP contribution is -2.33. The average Bonchev–Trinajstić information content (AvgIpc) is 2.80. The maximum Gasteiger partial charge on any atom is 0.0604 e. The Hall–Kier alpha value is 0.260. The molecule has 1 aromatic rings. The van der Waals surface area contributed by atoms with E-state index < -0.39 is 0 Å². The highest BCUT2D eigenvalue weighted by Gasteiger charge is 2.27. The zero-order chi connectivity index (χ0) is 9.97. The fourth-order valence-corrected chi connectivity index (χ4v) is 4.39. The van der Waals surface area contributed by atoms with Crippen LogP contribution < -0.4 is 11.3 Å². The van der Waals surface area contributed by atoms with Gasteiger partial charge in [0.15, 0.2) is 0 Å². The molecule has 0 radical (unpaired) electrons. The maximum absolute atomic E-state index is 6.10. The summed E-state index contributed by atoms with van der Waals surface area (Å²) in [6.45, 7) is 0. The minimum Gasteiger partial charge on any atom is -0.271 e. The normalized spacial score (nSPS) is 24.0. The number of nitrogens with two attached hydrogens (primary N) is 1. The van der Waals surface area contributed by atoms with E-state index in [9.17, 15) is 0 Å². The van der Waals surface area contributed by atoms with Crippen LogP contribution in [0.4, 0.5) is 0 Å². The minimum absolute atomic E-state index is 0.234. The second kappa shape index (κ2) is 4.86. The lowest BCUT2D eigenvalue weighted by Gasteiger charge is -2.21. The molecule has 2 atom stereocenters. The van der Waals surface area contributed by atoms with E-state index in [4.69, 9.17) is 17.4 Å². The Morgan fingerprint density at radius 1 is 1.64 bits per heavy atom. The van der Waals surface area contributed by atoms with Crippen LogP contribution in [0.3, 0.4) is 0 Å². The van der Waals surface area contributed by atoms with Crippen LogP contribution in [-0.2, 0) is 0 Å². The van der Waals surface area contributed by atoms with Crippen LogP contribution in [0.15, 0.2) is 11.4 Å². The molecule has 5 heteroatoms. The minimum atomic E-state index is 0.234. The van der Waals surface area contributed by atoms with Crippen LogP contribution in [0.1, 0.15) is 17.3 Å². The summed E-state index contributed by atoms with van der Waals surface area (Å²) in [7, 11) is 0. The largest absolute Gasteiger partial charge is 0.271 e. The topological polar surface area (TPSA) is 38.0 Å². The molecular formula is C9H13ClN2S2. The number of hydrogen-bond acceptors (Lipinski definition) is 4. The van der Waals surface area contributed by atoms with E-state index in [0.717, 1.165) is 5.02 Å². The highest BCUT2D eigenvalue weighted by Crippen LogP contribution is 2.38. The van der Waals surface area contributed by atoms with E-state index in [2.05, 4.69) is 5.43 Å². The predicted octanol–water partition coefficient (Wildman–Crippen LogP) is 2.66. The Kier molecular flexibility index (Phi) is 3.73. The molecule has 1 fully saturated rings. The number of hydrogen-bond donors (Lipinski definition) is 2. The Bertz CT molecular complexity index is 297. The molecule has 1 aliphatic heterocycles. The SMILES string of the molecule is NNC(c1sccc1Cl)C1CCSC1. The third kappa shape index (κ3) is 2.09. The van der Waals surface area contributed by atoms with Gasteiger partial charge in [0, 0.05) is 4.88 Å². The summed E-state index contributed by atoms with van der Waals surface area (Å²) >= 11 is 9.78. The second-order valence-electron chi connectivity index (χ2n) is 3.40. The van der Waals surface area contributed by atoms with E-state index >= 15 is 0 Å². The predicted molar refractivity (Wildman–Crippen MR) is 64.8 cm³/mol. The van der Waals surface area contributed by atoms with Gasteiger partial charge in [-0.1, -0.05) is 11.6 Å². The van der Waals surface area contributed by atoms with Gasteiger partial charge < -0.3 is 0 Å². The van der Waals surface area contributed by atoms with Crippen molar-refractivity contribution >= 4 is 34.7 Å². The summed E-state index contributed by atoms with van der Waals surface area (Å²) in [5.41, 5.74) is 2.90. The lowest BCUT2D eigenvalue weighted by atomic mass is 9.98. The van der Waals surface area contributed by atoms with Crippen molar-refractivity contribution in [3.8, 4) is 0 Å². The Labute approximate surface area is 97.2 Å². The molecule has 0 bridgehead atoms. The first-order valence-corrected chi connectivity index (χ1v) is 7.01. The van der Waals surface area contributed by atoms with Crippen molar-refractivity contribution < 1.29 is 0 Å². The molecule has 78 valence electrons. The third-order valence-corrected chi connectivity index (χ3v) is 5.17. The standard InChI is InChI=1S/C9H13ClN2S2/c10-7-2-4-14-9(7)8(12-11)6-1-3-13-5-6/h2,4,6,8,12H,1,3,5,11H2. The first-order valence-electron chi connectivity index (χ1n) is 4.59. The lowest BCUT2D eigenvalue weighted by molar-refractivity contribution is 0.406. The number of nitrogens with one attached hydrogen (secondary N) is 1. The molecular weight excluding hydrogens is 236 g/mol. The maximum atomic E-state index is 6.10. The summed E-state index contributed by atoms with van der Waals surface area (Å²) in [6, 6.07) is 2.17. The molecule has 3 N–H and O–H groups in total. The second-order valence-corrected chi connectivity index (χ2v) is 5.91. The molecule has 0 aliphatic carbocycles. The van der Waals surface area contributed by atoms with E-state index in [1.807, 2.05) is 23.2 Å². The molecule has 1 saturated heterocycles. The number of hydrazine groups is 1. The Morgan fingerprint density at radius 2 is 2.50 bits per heavy atom. The first kappa shape index (κ1) is 10.8. The van der Waals surface area contributed by atoms with Crippen molar-refractivity contribution in [2.45, 2.75) is 12.5 Å². The van der Waals surface area contributed by atoms with Crippen molar-refractivity contribution in [3.63, 3.8) is 0 Å². The Balaban J connectivity index is 2.16. The van der Waals surface area contributed by atoms with E-state index in [0.29, 0.717) is 5.92 Å². The van der Waals surface area contributed by atoms with Gasteiger partial charge >= 0.3 is 0 Å². The fourth-order valence-electron chi connectivity index (χ4n) is 1.77. The highest BCUT2D eigenvalue weighted by molar-refractivity contribution is 7.99. The summed E-state index contributed by atoms with van der Waals surface area (Å²) in [4.78, 5) is 1.18. The van der Waals surface area contributed by atoms with Crippen LogP contribution in [-0.4, -0.2) is 11.5 Å². The third-order valence-electron chi connectivity index (χ3n) is 2.54. The summed E-state index contributed by atoms with van der Waals surface area (Å²) in [5, 5.41) is 2.86. The quantitative estimate of drug-likeness (QED) is 0.638. The molecule has 2 heterocycles. The van der Waals surface area contributed by atoms with Crippen LogP contribution in [0.2, 0.25) is 5.02 Å². The van der Waals surface area contributed by atoms with E-state index in [-0.39, 0.29) is 6.04 Å². The van der Waals surface area contributed by atoms with Crippen LogP contribution in [0, 0.1) is 5.92 Å². The van der Waals surface area contributed by atoms with Gasteiger partial charge in [0.05, 0.1) is 11.1 Å². The zero-order valence-corrected chi connectivity index (χ0v) is 10.1. The first-order chi connectivity index (χ1) is 6.83. The van der Waals surface area contributed by atoms with Gasteiger partial charge in [0.2, 0.25) is 0 Å². The van der Waals surface area contributed by atoms with Gasteiger partial charge in [-0.3, -0.25) is 11.3 Å². The number of halogens is 1. The molecule has 2 rings (SSSR count). The van der Waals surface area contributed by atoms with Crippen molar-refractivity contribution in [1.82, 2.24) is 5.43 Å². The highest BCUT2D eigenvalue weighted by atomic mass is 35.5. The molecule has 14 heavy (non-hydrogen) atoms. The summed E-state index contributed by atoms with van der Waals surface area (Å²) < 4.78 is 0. The van der Waals surface area contributed by atoms with E-state index in [1.54, 1.807) is 11.3 Å². The van der Waals surface area contributed by atoms with Gasteiger partial charge in [-0.05, 0) is 35.3 Å². The summed E-state index contributed by atoms with van der Waals surface area (Å²) in [5.74, 6) is 8.65. The summed E-state index contributed by atoms with van der Waals surface area (Å²) in [6.07, 6.45) is 1.23. The van der Waals surface area contributed by atoms with E-state index in [1.165, 1.54) is 22.8 Å².